The van der Waals surface area contributed by atoms with E-state index in [0.29, 0.717) is 10.6 Å². The number of halogens is 1. The third-order valence-electron chi connectivity index (χ3n) is 3.37. The summed E-state index contributed by atoms with van der Waals surface area (Å²) in [5.41, 5.74) is 1.74. The fourth-order valence-corrected chi connectivity index (χ4v) is 3.62. The normalized spacial score (nSPS) is 17.8. The first-order chi connectivity index (χ1) is 9.25. The van der Waals surface area contributed by atoms with Gasteiger partial charge in [0.25, 0.3) is 5.91 Å². The Balaban J connectivity index is 1.80. The number of carbonyl (C=O) groups is 1. The van der Waals surface area contributed by atoms with Crippen LogP contribution in [-0.4, -0.2) is 10.9 Å². The van der Waals surface area contributed by atoms with Gasteiger partial charge >= 0.3 is 0 Å². The maximum atomic E-state index is 12.2. The lowest BCUT2D eigenvalue weighted by Gasteiger charge is -2.23. The Morgan fingerprint density at radius 1 is 1.47 bits per heavy atom. The molecule has 1 atom stereocenters. The molecule has 1 amide bonds. The highest BCUT2D eigenvalue weighted by Crippen LogP contribution is 2.33. The van der Waals surface area contributed by atoms with Crippen LogP contribution >= 0.6 is 22.9 Å². The number of pyridine rings is 1. The van der Waals surface area contributed by atoms with E-state index < -0.39 is 0 Å². The molecule has 0 bridgehead atoms. The number of thiophene rings is 1. The molecule has 0 aliphatic heterocycles. The molecule has 0 saturated carbocycles. The van der Waals surface area contributed by atoms with Gasteiger partial charge in [-0.25, -0.2) is 0 Å². The van der Waals surface area contributed by atoms with Gasteiger partial charge in [-0.2, -0.15) is 0 Å². The molecule has 19 heavy (non-hydrogen) atoms. The maximum Gasteiger partial charge on any atom is 0.253 e. The van der Waals surface area contributed by atoms with E-state index in [0.717, 1.165) is 19.3 Å². The van der Waals surface area contributed by atoms with E-state index in [1.807, 2.05) is 0 Å². The summed E-state index contributed by atoms with van der Waals surface area (Å²) in [6.45, 7) is 0. The van der Waals surface area contributed by atoms with E-state index >= 15 is 0 Å². The molecule has 0 fully saturated rings. The van der Waals surface area contributed by atoms with Crippen LogP contribution in [0.1, 0.15) is 39.7 Å². The lowest BCUT2D eigenvalue weighted by atomic mass is 9.94. The first-order valence-electron chi connectivity index (χ1n) is 6.22. The maximum absolute atomic E-state index is 12.2. The van der Waals surface area contributed by atoms with Crippen molar-refractivity contribution < 1.29 is 4.79 Å². The molecule has 98 valence electrons. The fraction of sp³-hybridized carbons (Fsp3) is 0.286. The highest BCUT2D eigenvalue weighted by molar-refractivity contribution is 7.10. The first kappa shape index (κ1) is 12.6. The predicted octanol–water partition coefficient (Wildman–Crippen LogP) is 3.60. The summed E-state index contributed by atoms with van der Waals surface area (Å²) >= 11 is 7.76. The second kappa shape index (κ2) is 5.31. The highest BCUT2D eigenvalue weighted by Gasteiger charge is 2.23. The molecule has 2 heterocycles. The number of nitrogens with one attached hydrogen (secondary N) is 1. The minimum absolute atomic E-state index is 0.103. The van der Waals surface area contributed by atoms with Crippen LogP contribution in [0.3, 0.4) is 0 Å². The van der Waals surface area contributed by atoms with Crippen molar-refractivity contribution in [3.8, 4) is 0 Å². The second-order valence-corrected chi connectivity index (χ2v) is 5.98. The number of hydrogen-bond acceptors (Lipinski definition) is 3. The van der Waals surface area contributed by atoms with Crippen LogP contribution in [0.2, 0.25) is 5.02 Å². The number of carbonyl (C=O) groups excluding carboxylic acids is 1. The topological polar surface area (TPSA) is 42.0 Å². The van der Waals surface area contributed by atoms with Crippen LogP contribution in [0.25, 0.3) is 0 Å². The number of rotatable bonds is 2. The Labute approximate surface area is 120 Å². The molecule has 1 unspecified atom stereocenters. The SMILES string of the molecule is O=C(NC1CCCc2sccc21)c1ccncc1Cl. The summed E-state index contributed by atoms with van der Waals surface area (Å²) in [5.74, 6) is -0.128. The van der Waals surface area contributed by atoms with E-state index in [9.17, 15) is 4.79 Å². The molecule has 0 saturated heterocycles. The van der Waals surface area contributed by atoms with Gasteiger partial charge in [0.2, 0.25) is 0 Å². The molecule has 1 aliphatic rings. The molecular formula is C14H13ClN2OS. The third-order valence-corrected chi connectivity index (χ3v) is 4.67. The number of amides is 1. The van der Waals surface area contributed by atoms with Gasteiger partial charge < -0.3 is 5.32 Å². The quantitative estimate of drug-likeness (QED) is 0.919. The lowest BCUT2D eigenvalue weighted by molar-refractivity contribution is 0.0933. The van der Waals surface area contributed by atoms with Crippen molar-refractivity contribution in [2.24, 2.45) is 0 Å². The minimum Gasteiger partial charge on any atom is -0.345 e. The van der Waals surface area contributed by atoms with E-state index in [-0.39, 0.29) is 11.9 Å². The monoisotopic (exact) mass is 292 g/mol. The standard InChI is InChI=1S/C14H13ClN2OS/c15-11-8-16-6-4-9(11)14(18)17-12-2-1-3-13-10(12)5-7-19-13/h4-8,12H,1-3H2,(H,17,18). The number of aromatic nitrogens is 1. The van der Waals surface area contributed by atoms with Crippen molar-refractivity contribution in [3.05, 3.63) is 50.9 Å². The molecule has 2 aromatic rings. The molecular weight excluding hydrogens is 280 g/mol. The van der Waals surface area contributed by atoms with Crippen molar-refractivity contribution in [2.75, 3.05) is 0 Å². The van der Waals surface area contributed by atoms with Crippen molar-refractivity contribution in [3.63, 3.8) is 0 Å². The van der Waals surface area contributed by atoms with Gasteiger partial charge in [0.05, 0.1) is 16.6 Å². The second-order valence-electron chi connectivity index (χ2n) is 4.57. The van der Waals surface area contributed by atoms with Crippen LogP contribution in [0.15, 0.2) is 29.9 Å². The Morgan fingerprint density at radius 3 is 3.21 bits per heavy atom. The average molecular weight is 293 g/mol. The van der Waals surface area contributed by atoms with Crippen molar-refractivity contribution in [1.29, 1.82) is 0 Å². The van der Waals surface area contributed by atoms with Gasteiger partial charge in [-0.3, -0.25) is 9.78 Å². The molecule has 2 aromatic heterocycles. The zero-order valence-electron chi connectivity index (χ0n) is 10.2. The van der Waals surface area contributed by atoms with E-state index in [1.54, 1.807) is 23.6 Å². The molecule has 1 aliphatic carbocycles. The Hall–Kier alpha value is -1.39. The van der Waals surface area contributed by atoms with Crippen LogP contribution in [0.5, 0.6) is 0 Å². The van der Waals surface area contributed by atoms with Gasteiger partial charge in [-0.05, 0) is 42.3 Å². The van der Waals surface area contributed by atoms with Crippen LogP contribution in [0.4, 0.5) is 0 Å². The fourth-order valence-electron chi connectivity index (χ4n) is 2.43. The summed E-state index contributed by atoms with van der Waals surface area (Å²) in [6, 6.07) is 3.86. The third kappa shape index (κ3) is 2.51. The van der Waals surface area contributed by atoms with E-state index in [4.69, 9.17) is 11.6 Å². The van der Waals surface area contributed by atoms with Gasteiger partial charge in [-0.15, -0.1) is 11.3 Å². The predicted molar refractivity (Wildman–Crippen MR) is 76.7 cm³/mol. The zero-order valence-corrected chi connectivity index (χ0v) is 11.8. The summed E-state index contributed by atoms with van der Waals surface area (Å²) in [7, 11) is 0. The molecule has 3 rings (SSSR count). The zero-order chi connectivity index (χ0) is 13.2. The summed E-state index contributed by atoms with van der Waals surface area (Å²) in [6.07, 6.45) is 6.29. The number of hydrogen-bond donors (Lipinski definition) is 1. The Kier molecular flexibility index (Phi) is 3.53. The van der Waals surface area contributed by atoms with Crippen molar-refractivity contribution in [2.45, 2.75) is 25.3 Å². The number of fused-ring (bicyclic) bond motifs is 1. The molecule has 0 aromatic carbocycles. The minimum atomic E-state index is -0.128. The first-order valence-corrected chi connectivity index (χ1v) is 7.48. The average Bonchev–Trinajstić information content (AvgIpc) is 2.88. The lowest BCUT2D eigenvalue weighted by Crippen LogP contribution is -2.30. The molecule has 3 nitrogen and oxygen atoms in total. The van der Waals surface area contributed by atoms with Gasteiger partial charge in [-0.1, -0.05) is 11.6 Å². The van der Waals surface area contributed by atoms with E-state index in [2.05, 4.69) is 21.7 Å². The van der Waals surface area contributed by atoms with Gasteiger partial charge in [0.15, 0.2) is 0 Å². The molecule has 1 N–H and O–H groups in total. The van der Waals surface area contributed by atoms with E-state index in [1.165, 1.54) is 16.6 Å². The molecule has 0 spiro atoms. The molecule has 0 radical (unpaired) electrons. The van der Waals surface area contributed by atoms with Crippen LogP contribution < -0.4 is 5.32 Å². The summed E-state index contributed by atoms with van der Waals surface area (Å²) < 4.78 is 0. The smallest absolute Gasteiger partial charge is 0.253 e. The Bertz CT molecular complexity index is 611. The van der Waals surface area contributed by atoms with Crippen LogP contribution in [-0.2, 0) is 6.42 Å². The van der Waals surface area contributed by atoms with Crippen molar-refractivity contribution in [1.82, 2.24) is 10.3 Å². The largest absolute Gasteiger partial charge is 0.345 e. The molecule has 5 heteroatoms. The van der Waals surface area contributed by atoms with Crippen molar-refractivity contribution >= 4 is 28.8 Å². The number of aryl methyl sites for hydroxylation is 1. The highest BCUT2D eigenvalue weighted by atomic mass is 35.5. The van der Waals surface area contributed by atoms with Gasteiger partial charge in [0, 0.05) is 17.3 Å². The summed E-state index contributed by atoms with van der Waals surface area (Å²) in [5, 5.41) is 5.56. The Morgan fingerprint density at radius 2 is 2.37 bits per heavy atom. The number of nitrogens with zero attached hydrogens (tertiary/aromatic N) is 1. The summed E-state index contributed by atoms with van der Waals surface area (Å²) in [4.78, 5) is 17.5. The van der Waals surface area contributed by atoms with Crippen LogP contribution in [0, 0.1) is 0 Å². The van der Waals surface area contributed by atoms with Gasteiger partial charge in [0.1, 0.15) is 0 Å².